The molecular weight excluding hydrogens is 409 g/mol. The zero-order chi connectivity index (χ0) is 21.6. The number of aliphatic imine (C=N–C) groups is 1. The Morgan fingerprint density at radius 1 is 1.13 bits per heavy atom. The fourth-order valence-corrected chi connectivity index (χ4v) is 4.45. The Labute approximate surface area is 177 Å². The van der Waals surface area contributed by atoms with Gasteiger partial charge >= 0.3 is 6.36 Å². The first-order valence-corrected chi connectivity index (χ1v) is 10.2. The van der Waals surface area contributed by atoms with E-state index in [-0.39, 0.29) is 5.75 Å². The van der Waals surface area contributed by atoms with Gasteiger partial charge in [0.15, 0.2) is 0 Å². The van der Waals surface area contributed by atoms with Crippen LogP contribution in [0.2, 0.25) is 0 Å². The highest BCUT2D eigenvalue weighted by atomic mass is 19.4. The van der Waals surface area contributed by atoms with E-state index in [2.05, 4.69) is 31.1 Å². The fourth-order valence-electron chi connectivity index (χ4n) is 4.45. The summed E-state index contributed by atoms with van der Waals surface area (Å²) in [7, 11) is 1.97. The van der Waals surface area contributed by atoms with Gasteiger partial charge in [0.25, 0.3) is 0 Å². The predicted molar refractivity (Wildman–Crippen MR) is 110 cm³/mol. The standard InChI is InChI=1S/C21H23F3N6O/c1-28-27-18(19-17-6-9-25-20(17)26-13-30(19)28)15-7-10-29(11-8-15)12-14-2-4-16(5-3-14)31-21(22,23)24/h2-6,9,13,15,25,27H,7-8,10-12H2,1H3. The number of aromatic nitrogens is 1. The number of rotatable bonds is 4. The van der Waals surface area contributed by atoms with Crippen molar-refractivity contribution >= 4 is 17.9 Å². The largest absolute Gasteiger partial charge is 0.573 e. The van der Waals surface area contributed by atoms with Crippen molar-refractivity contribution in [3.63, 3.8) is 0 Å². The molecule has 1 aromatic heterocycles. The maximum atomic E-state index is 12.3. The van der Waals surface area contributed by atoms with Crippen LogP contribution in [0.25, 0.3) is 5.70 Å². The molecule has 4 heterocycles. The van der Waals surface area contributed by atoms with E-state index < -0.39 is 6.36 Å². The number of likely N-dealkylation sites (tertiary alicyclic amines) is 1. The monoisotopic (exact) mass is 432 g/mol. The molecule has 3 aliphatic heterocycles. The van der Waals surface area contributed by atoms with Gasteiger partial charge < -0.3 is 15.1 Å². The van der Waals surface area contributed by atoms with Crippen molar-refractivity contribution in [3.8, 4) is 5.75 Å². The second-order valence-corrected chi connectivity index (χ2v) is 7.97. The highest BCUT2D eigenvalue weighted by Crippen LogP contribution is 2.40. The number of nitrogens with zero attached hydrogens (tertiary/aromatic N) is 4. The van der Waals surface area contributed by atoms with Gasteiger partial charge in [0, 0.05) is 31.3 Å². The number of aromatic amines is 1. The molecule has 31 heavy (non-hydrogen) atoms. The van der Waals surface area contributed by atoms with E-state index in [9.17, 15) is 13.2 Å². The molecule has 2 aromatic rings. The summed E-state index contributed by atoms with van der Waals surface area (Å²) in [5.74, 6) is 1.08. The van der Waals surface area contributed by atoms with Crippen molar-refractivity contribution in [1.82, 2.24) is 25.4 Å². The summed E-state index contributed by atoms with van der Waals surface area (Å²) in [5, 5.41) is 3.98. The highest BCUT2D eigenvalue weighted by Gasteiger charge is 2.36. The number of ether oxygens (including phenoxy) is 1. The summed E-state index contributed by atoms with van der Waals surface area (Å²) in [4.78, 5) is 9.97. The van der Waals surface area contributed by atoms with E-state index in [0.29, 0.717) is 12.5 Å². The van der Waals surface area contributed by atoms with Crippen molar-refractivity contribution in [2.45, 2.75) is 25.7 Å². The molecule has 3 aliphatic rings. The third-order valence-electron chi connectivity index (χ3n) is 5.93. The van der Waals surface area contributed by atoms with Crippen molar-refractivity contribution in [2.24, 2.45) is 10.9 Å². The van der Waals surface area contributed by atoms with Crippen LogP contribution in [0.1, 0.15) is 24.0 Å². The van der Waals surface area contributed by atoms with E-state index in [4.69, 9.17) is 0 Å². The minimum absolute atomic E-state index is 0.190. The summed E-state index contributed by atoms with van der Waals surface area (Å²) in [6.07, 6.45) is 1.05. The molecule has 0 atom stereocenters. The van der Waals surface area contributed by atoms with E-state index in [1.807, 2.05) is 29.7 Å². The Morgan fingerprint density at radius 2 is 1.87 bits per heavy atom. The smallest absolute Gasteiger partial charge is 0.406 e. The normalized spacial score (nSPS) is 20.1. The number of fused-ring (bicyclic) bond motifs is 3. The van der Waals surface area contributed by atoms with Crippen molar-refractivity contribution in [3.05, 3.63) is 53.4 Å². The Kier molecular flexibility index (Phi) is 4.90. The molecule has 7 nitrogen and oxygen atoms in total. The third kappa shape index (κ3) is 4.00. The summed E-state index contributed by atoms with van der Waals surface area (Å²) >= 11 is 0. The number of piperidine rings is 1. The Bertz CT molecular complexity index is 1000. The summed E-state index contributed by atoms with van der Waals surface area (Å²) < 4.78 is 40.9. The number of allylic oxidation sites excluding steroid dienone is 1. The number of halogens is 3. The summed E-state index contributed by atoms with van der Waals surface area (Å²) in [5.41, 5.74) is 7.92. The van der Waals surface area contributed by atoms with E-state index in [0.717, 1.165) is 48.6 Å². The van der Waals surface area contributed by atoms with Gasteiger partial charge in [-0.3, -0.25) is 4.90 Å². The number of H-pyrrole nitrogens is 1. The van der Waals surface area contributed by atoms with E-state index in [1.54, 1.807) is 12.1 Å². The SMILES string of the molecule is CN1NC(C2CCN(Cc3ccc(OC(F)(F)F)cc3)CC2)=C2c3cc[nH]c3N=CN21. The number of benzene rings is 1. The van der Waals surface area contributed by atoms with Crippen molar-refractivity contribution < 1.29 is 17.9 Å². The molecule has 164 valence electrons. The lowest BCUT2D eigenvalue weighted by Crippen LogP contribution is -2.41. The Morgan fingerprint density at radius 3 is 2.58 bits per heavy atom. The van der Waals surface area contributed by atoms with Gasteiger partial charge in [-0.1, -0.05) is 12.1 Å². The minimum atomic E-state index is -4.66. The van der Waals surface area contributed by atoms with Crippen LogP contribution >= 0.6 is 0 Å². The van der Waals surface area contributed by atoms with Crippen LogP contribution in [0.3, 0.4) is 0 Å². The maximum Gasteiger partial charge on any atom is 0.573 e. The number of hydrogen-bond donors (Lipinski definition) is 2. The second-order valence-electron chi connectivity index (χ2n) is 7.97. The molecule has 1 fully saturated rings. The van der Waals surface area contributed by atoms with Crippen LogP contribution in [0.5, 0.6) is 5.75 Å². The molecule has 0 unspecified atom stereocenters. The zero-order valence-electron chi connectivity index (χ0n) is 17.0. The first-order valence-electron chi connectivity index (χ1n) is 10.2. The topological polar surface area (TPSA) is 59.1 Å². The first kappa shape index (κ1) is 20.0. The van der Waals surface area contributed by atoms with Crippen molar-refractivity contribution in [1.29, 1.82) is 0 Å². The molecule has 1 aromatic carbocycles. The molecule has 10 heteroatoms. The Balaban J connectivity index is 1.23. The molecule has 0 amide bonds. The summed E-state index contributed by atoms with van der Waals surface area (Å²) in [6.45, 7) is 2.54. The molecule has 0 bridgehead atoms. The van der Waals surface area contributed by atoms with Crippen LogP contribution in [0.4, 0.5) is 19.0 Å². The van der Waals surface area contributed by atoms with Crippen LogP contribution in [0, 0.1) is 5.92 Å². The van der Waals surface area contributed by atoms with Crippen LogP contribution in [0.15, 0.2) is 47.2 Å². The molecule has 0 aliphatic carbocycles. The quantitative estimate of drug-likeness (QED) is 0.769. The van der Waals surface area contributed by atoms with Gasteiger partial charge in [-0.25, -0.2) is 10.0 Å². The lowest BCUT2D eigenvalue weighted by atomic mass is 9.91. The lowest BCUT2D eigenvalue weighted by molar-refractivity contribution is -0.274. The maximum absolute atomic E-state index is 12.3. The van der Waals surface area contributed by atoms with Crippen LogP contribution in [-0.4, -0.2) is 52.8 Å². The second kappa shape index (κ2) is 7.61. The molecule has 0 radical (unpaired) electrons. The van der Waals surface area contributed by atoms with Gasteiger partial charge in [0.05, 0.1) is 11.4 Å². The number of nitrogens with one attached hydrogen (secondary N) is 2. The molecule has 1 saturated heterocycles. The average molecular weight is 432 g/mol. The highest BCUT2D eigenvalue weighted by molar-refractivity contribution is 5.87. The molecule has 2 N–H and O–H groups in total. The van der Waals surface area contributed by atoms with Crippen LogP contribution in [-0.2, 0) is 6.54 Å². The number of hydrogen-bond acceptors (Lipinski definition) is 6. The van der Waals surface area contributed by atoms with Gasteiger partial charge in [-0.2, -0.15) is 0 Å². The molecule has 0 saturated carbocycles. The van der Waals surface area contributed by atoms with E-state index in [1.165, 1.54) is 17.8 Å². The predicted octanol–water partition coefficient (Wildman–Crippen LogP) is 3.83. The zero-order valence-corrected chi connectivity index (χ0v) is 17.0. The van der Waals surface area contributed by atoms with Crippen molar-refractivity contribution in [2.75, 3.05) is 20.1 Å². The van der Waals surface area contributed by atoms with Gasteiger partial charge in [-0.15, -0.1) is 18.3 Å². The third-order valence-corrected chi connectivity index (χ3v) is 5.93. The van der Waals surface area contributed by atoms with Gasteiger partial charge in [0.2, 0.25) is 0 Å². The lowest BCUT2D eigenvalue weighted by Gasteiger charge is -2.32. The summed E-state index contributed by atoms with van der Waals surface area (Å²) in [6, 6.07) is 8.17. The number of hydrazine groups is 2. The fraction of sp³-hybridized carbons (Fsp3) is 0.381. The molecular formula is C21H23F3N6O. The molecule has 0 spiro atoms. The van der Waals surface area contributed by atoms with Gasteiger partial charge in [0.1, 0.15) is 17.9 Å². The number of alkyl halides is 3. The van der Waals surface area contributed by atoms with E-state index >= 15 is 0 Å². The minimum Gasteiger partial charge on any atom is -0.406 e. The first-order chi connectivity index (χ1) is 14.9. The molecule has 5 rings (SSSR count). The van der Waals surface area contributed by atoms with Gasteiger partial charge in [-0.05, 0) is 49.7 Å². The van der Waals surface area contributed by atoms with Crippen LogP contribution < -0.4 is 10.2 Å². The average Bonchev–Trinajstić information content (AvgIpc) is 3.33. The Hall–Kier alpha value is -2.98.